The van der Waals surface area contributed by atoms with Crippen molar-refractivity contribution in [3.8, 4) is 17.3 Å². The molecule has 22 heavy (non-hydrogen) atoms. The van der Waals surface area contributed by atoms with Crippen LogP contribution in [0, 0.1) is 11.3 Å². The lowest BCUT2D eigenvalue weighted by atomic mass is 10.1. The van der Waals surface area contributed by atoms with E-state index >= 15 is 0 Å². The number of H-pyrrole nitrogens is 1. The minimum Gasteiger partial charge on any atom is -0.333 e. The molecular weight excluding hydrogens is 294 g/mol. The van der Waals surface area contributed by atoms with Crippen LogP contribution < -0.4 is 0 Å². The summed E-state index contributed by atoms with van der Waals surface area (Å²) in [6.45, 7) is 0. The van der Waals surface area contributed by atoms with Gasteiger partial charge in [0.2, 0.25) is 0 Å². The molecule has 3 nitrogen and oxygen atoms in total. The third-order valence-corrected chi connectivity index (χ3v) is 3.76. The largest absolute Gasteiger partial charge is 0.333 e. The Labute approximate surface area is 134 Å². The van der Waals surface area contributed by atoms with Gasteiger partial charge >= 0.3 is 0 Å². The summed E-state index contributed by atoms with van der Waals surface area (Å²) in [5, 5.41) is 9.37. The van der Waals surface area contributed by atoms with E-state index in [9.17, 15) is 0 Å². The van der Waals surface area contributed by atoms with Crippen LogP contribution in [0.4, 0.5) is 0 Å². The van der Waals surface area contributed by atoms with Gasteiger partial charge in [-0.3, -0.25) is 0 Å². The maximum atomic E-state index is 8.84. The number of imidazole rings is 1. The number of aromatic amines is 1. The van der Waals surface area contributed by atoms with Crippen LogP contribution in [-0.4, -0.2) is 9.97 Å². The number of nitriles is 1. The number of rotatable bonds is 4. The Morgan fingerprint density at radius 1 is 1.00 bits per heavy atom. The molecular formula is C18H14ClN3. The predicted molar refractivity (Wildman–Crippen MR) is 87.6 cm³/mol. The zero-order valence-electron chi connectivity index (χ0n) is 11.9. The molecule has 2 aromatic carbocycles. The van der Waals surface area contributed by atoms with Crippen LogP contribution in [0.15, 0.2) is 54.6 Å². The molecule has 0 aliphatic heterocycles. The number of halogens is 1. The molecule has 0 fully saturated rings. The highest BCUT2D eigenvalue weighted by Crippen LogP contribution is 2.26. The lowest BCUT2D eigenvalue weighted by Crippen LogP contribution is -1.93. The molecule has 4 heteroatoms. The average molecular weight is 308 g/mol. The maximum Gasteiger partial charge on any atom is 0.134 e. The Morgan fingerprint density at radius 3 is 2.41 bits per heavy atom. The topological polar surface area (TPSA) is 52.5 Å². The van der Waals surface area contributed by atoms with E-state index < -0.39 is 0 Å². The highest BCUT2D eigenvalue weighted by Gasteiger charge is 2.10. The first kappa shape index (κ1) is 14.4. The molecule has 1 N–H and O–H groups in total. The Kier molecular flexibility index (Phi) is 4.22. The standard InChI is InChI=1S/C18H14ClN3/c19-18-17(15-9-6-14(12-20)7-10-15)21-16(22-18)11-8-13-4-2-1-3-5-13/h1-7,9-10H,8,11H2,(H,21,22). The van der Waals surface area contributed by atoms with Crippen LogP contribution >= 0.6 is 11.6 Å². The number of hydrogen-bond acceptors (Lipinski definition) is 2. The van der Waals surface area contributed by atoms with Crippen molar-refractivity contribution in [1.29, 1.82) is 5.26 Å². The fourth-order valence-corrected chi connectivity index (χ4v) is 2.58. The molecule has 0 aliphatic carbocycles. The van der Waals surface area contributed by atoms with E-state index in [1.807, 2.05) is 30.3 Å². The van der Waals surface area contributed by atoms with E-state index in [2.05, 4.69) is 28.2 Å². The predicted octanol–water partition coefficient (Wildman–Crippen LogP) is 4.39. The van der Waals surface area contributed by atoms with Crippen molar-refractivity contribution in [1.82, 2.24) is 9.97 Å². The Morgan fingerprint density at radius 2 is 1.73 bits per heavy atom. The number of benzene rings is 2. The fraction of sp³-hybridized carbons (Fsp3) is 0.111. The Balaban J connectivity index is 1.77. The third-order valence-electron chi connectivity index (χ3n) is 3.49. The van der Waals surface area contributed by atoms with Crippen molar-refractivity contribution in [2.45, 2.75) is 12.8 Å². The van der Waals surface area contributed by atoms with Gasteiger partial charge in [-0.15, -0.1) is 0 Å². The minimum atomic E-state index is 0.535. The quantitative estimate of drug-likeness (QED) is 0.777. The van der Waals surface area contributed by atoms with Crippen LogP contribution in [0.1, 0.15) is 17.0 Å². The zero-order valence-corrected chi connectivity index (χ0v) is 12.6. The smallest absolute Gasteiger partial charge is 0.134 e. The summed E-state index contributed by atoms with van der Waals surface area (Å²) in [5.74, 6) is 0.869. The molecule has 0 amide bonds. The molecule has 0 saturated carbocycles. The van der Waals surface area contributed by atoms with Crippen molar-refractivity contribution in [2.24, 2.45) is 0 Å². The van der Waals surface area contributed by atoms with Gasteiger partial charge in [0.15, 0.2) is 0 Å². The molecule has 3 aromatic rings. The summed E-state index contributed by atoms with van der Waals surface area (Å²) in [4.78, 5) is 7.71. The molecule has 0 saturated heterocycles. The number of nitrogens with one attached hydrogen (secondary N) is 1. The summed E-state index contributed by atoms with van der Waals surface area (Å²) in [6, 6.07) is 19.6. The second kappa shape index (κ2) is 6.46. The number of nitrogens with zero attached hydrogens (tertiary/aromatic N) is 2. The van der Waals surface area contributed by atoms with E-state index in [0.29, 0.717) is 10.7 Å². The lowest BCUT2D eigenvalue weighted by Gasteiger charge is -1.98. The normalized spacial score (nSPS) is 10.4. The van der Waals surface area contributed by atoms with E-state index in [1.165, 1.54) is 5.56 Å². The molecule has 0 aliphatic rings. The second-order valence-corrected chi connectivity index (χ2v) is 5.40. The molecule has 0 atom stereocenters. The first-order valence-electron chi connectivity index (χ1n) is 7.05. The molecule has 0 unspecified atom stereocenters. The van der Waals surface area contributed by atoms with Gasteiger partial charge in [0.05, 0.1) is 11.6 Å². The van der Waals surface area contributed by atoms with Crippen molar-refractivity contribution in [2.75, 3.05) is 0 Å². The van der Waals surface area contributed by atoms with E-state index in [0.717, 1.165) is 29.9 Å². The van der Waals surface area contributed by atoms with Gasteiger partial charge in [0.1, 0.15) is 16.7 Å². The van der Waals surface area contributed by atoms with Gasteiger partial charge < -0.3 is 4.98 Å². The minimum absolute atomic E-state index is 0.535. The van der Waals surface area contributed by atoms with Crippen LogP contribution in [0.5, 0.6) is 0 Å². The number of aryl methyl sites for hydroxylation is 2. The second-order valence-electron chi connectivity index (χ2n) is 5.02. The lowest BCUT2D eigenvalue weighted by molar-refractivity contribution is 0.885. The Bertz CT molecular complexity index is 799. The highest BCUT2D eigenvalue weighted by molar-refractivity contribution is 6.31. The van der Waals surface area contributed by atoms with Crippen molar-refractivity contribution in [3.05, 3.63) is 76.7 Å². The molecule has 1 aromatic heterocycles. The summed E-state index contributed by atoms with van der Waals surface area (Å²) < 4.78 is 0. The molecule has 0 radical (unpaired) electrons. The summed E-state index contributed by atoms with van der Waals surface area (Å²) in [5.41, 5.74) is 3.54. The van der Waals surface area contributed by atoms with Crippen molar-refractivity contribution < 1.29 is 0 Å². The Hall–Kier alpha value is -2.57. The SMILES string of the molecule is N#Cc1ccc(-c2nc(CCc3ccccc3)[nH]c2Cl)cc1. The van der Waals surface area contributed by atoms with Gasteiger partial charge in [-0.2, -0.15) is 5.26 Å². The summed E-state index contributed by atoms with van der Waals surface area (Å²) >= 11 is 6.25. The summed E-state index contributed by atoms with van der Waals surface area (Å²) in [6.07, 6.45) is 1.72. The van der Waals surface area contributed by atoms with Crippen LogP contribution in [-0.2, 0) is 12.8 Å². The van der Waals surface area contributed by atoms with Crippen LogP contribution in [0.25, 0.3) is 11.3 Å². The van der Waals surface area contributed by atoms with Gasteiger partial charge in [-0.1, -0.05) is 54.1 Å². The summed E-state index contributed by atoms with van der Waals surface area (Å²) in [7, 11) is 0. The van der Waals surface area contributed by atoms with Crippen LogP contribution in [0.2, 0.25) is 5.15 Å². The fourth-order valence-electron chi connectivity index (χ4n) is 2.32. The molecule has 0 spiro atoms. The average Bonchev–Trinajstić information content (AvgIpc) is 2.95. The van der Waals surface area contributed by atoms with E-state index in [4.69, 9.17) is 16.9 Å². The van der Waals surface area contributed by atoms with Crippen molar-refractivity contribution in [3.63, 3.8) is 0 Å². The molecule has 3 rings (SSSR count). The third kappa shape index (κ3) is 3.19. The number of hydrogen-bond donors (Lipinski definition) is 1. The molecule has 0 bridgehead atoms. The first-order valence-corrected chi connectivity index (χ1v) is 7.43. The van der Waals surface area contributed by atoms with Gasteiger partial charge in [0.25, 0.3) is 0 Å². The molecule has 1 heterocycles. The van der Waals surface area contributed by atoms with Gasteiger partial charge in [-0.05, 0) is 24.1 Å². The van der Waals surface area contributed by atoms with Gasteiger partial charge in [0, 0.05) is 12.0 Å². The maximum absolute atomic E-state index is 8.84. The van der Waals surface area contributed by atoms with E-state index in [-0.39, 0.29) is 0 Å². The first-order chi connectivity index (χ1) is 10.8. The highest BCUT2D eigenvalue weighted by atomic mass is 35.5. The van der Waals surface area contributed by atoms with E-state index in [1.54, 1.807) is 12.1 Å². The number of aromatic nitrogens is 2. The monoisotopic (exact) mass is 307 g/mol. The zero-order chi connectivity index (χ0) is 15.4. The van der Waals surface area contributed by atoms with Crippen LogP contribution in [0.3, 0.4) is 0 Å². The van der Waals surface area contributed by atoms with Gasteiger partial charge in [-0.25, -0.2) is 4.98 Å². The van der Waals surface area contributed by atoms with Crippen molar-refractivity contribution >= 4 is 11.6 Å². The molecule has 108 valence electrons.